The van der Waals surface area contributed by atoms with Crippen LogP contribution in [0, 0.1) is 11.7 Å². The molecule has 0 bridgehead atoms. The Hall–Kier alpha value is -3.06. The lowest BCUT2D eigenvalue weighted by Gasteiger charge is -2.43. The first-order chi connectivity index (χ1) is 16.6. The van der Waals surface area contributed by atoms with Gasteiger partial charge in [0.25, 0.3) is 5.91 Å². The molecule has 2 atom stereocenters. The summed E-state index contributed by atoms with van der Waals surface area (Å²) in [6.45, 7) is 13.0. The summed E-state index contributed by atoms with van der Waals surface area (Å²) in [6.07, 6.45) is 1.85. The number of amides is 2. The molecule has 0 saturated carbocycles. The van der Waals surface area contributed by atoms with Crippen molar-refractivity contribution in [2.24, 2.45) is 10.9 Å². The quantitative estimate of drug-likeness (QED) is 0.567. The van der Waals surface area contributed by atoms with Crippen LogP contribution < -0.4 is 0 Å². The minimum atomic E-state index is -0.971. The van der Waals surface area contributed by atoms with E-state index in [0.29, 0.717) is 48.8 Å². The number of aromatic nitrogens is 1. The van der Waals surface area contributed by atoms with Gasteiger partial charge in [-0.05, 0) is 50.5 Å². The van der Waals surface area contributed by atoms with Gasteiger partial charge in [-0.1, -0.05) is 44.2 Å². The molecule has 0 N–H and O–H groups in total. The minimum Gasteiger partial charge on any atom is -0.350 e. The SMILES string of the molecule is C=CC(=O)N1CCN(C2=NC(=O)C(C)(CC(C)C)c3nc(-c4ccccc4F)c(Cl)cc32)C(C)C1. The van der Waals surface area contributed by atoms with Crippen molar-refractivity contribution in [3.63, 3.8) is 0 Å². The first-order valence-electron chi connectivity index (χ1n) is 11.8. The van der Waals surface area contributed by atoms with Crippen LogP contribution in [0.25, 0.3) is 11.3 Å². The highest BCUT2D eigenvalue weighted by molar-refractivity contribution is 6.33. The normalized spacial score (nSPS) is 22.2. The molecule has 2 unspecified atom stereocenters. The summed E-state index contributed by atoms with van der Waals surface area (Å²) in [4.78, 5) is 38.8. The van der Waals surface area contributed by atoms with Crippen LogP contribution >= 0.6 is 11.6 Å². The van der Waals surface area contributed by atoms with E-state index >= 15 is 0 Å². The number of fused-ring (bicyclic) bond motifs is 1. The predicted octanol–water partition coefficient (Wildman–Crippen LogP) is 4.85. The van der Waals surface area contributed by atoms with E-state index in [9.17, 15) is 14.0 Å². The fraction of sp³-hybridized carbons (Fsp3) is 0.407. The van der Waals surface area contributed by atoms with Crippen molar-refractivity contribution in [3.8, 4) is 11.3 Å². The van der Waals surface area contributed by atoms with E-state index in [4.69, 9.17) is 16.6 Å². The number of halogens is 2. The van der Waals surface area contributed by atoms with Gasteiger partial charge in [0.15, 0.2) is 0 Å². The lowest BCUT2D eigenvalue weighted by atomic mass is 9.74. The Morgan fingerprint density at radius 2 is 2.03 bits per heavy atom. The molecule has 3 heterocycles. The van der Waals surface area contributed by atoms with Gasteiger partial charge in [-0.3, -0.25) is 9.59 Å². The first-order valence-corrected chi connectivity index (χ1v) is 12.2. The zero-order valence-electron chi connectivity index (χ0n) is 20.5. The molecule has 2 aliphatic rings. The minimum absolute atomic E-state index is 0.0912. The third kappa shape index (κ3) is 4.49. The van der Waals surface area contributed by atoms with Crippen molar-refractivity contribution in [2.75, 3.05) is 19.6 Å². The van der Waals surface area contributed by atoms with Gasteiger partial charge in [0.1, 0.15) is 11.7 Å². The molecule has 8 heteroatoms. The maximum absolute atomic E-state index is 14.7. The van der Waals surface area contributed by atoms with Gasteiger partial charge in [0.05, 0.1) is 21.8 Å². The van der Waals surface area contributed by atoms with Gasteiger partial charge in [0.2, 0.25) is 5.91 Å². The Kier molecular flexibility index (Phi) is 6.82. The molecular weight excluding hydrogens is 467 g/mol. The van der Waals surface area contributed by atoms with Crippen molar-refractivity contribution >= 4 is 29.3 Å². The van der Waals surface area contributed by atoms with Gasteiger partial charge >= 0.3 is 0 Å². The van der Waals surface area contributed by atoms with E-state index in [1.54, 1.807) is 29.2 Å². The van der Waals surface area contributed by atoms with Gasteiger partial charge in [0, 0.05) is 36.8 Å². The average molecular weight is 497 g/mol. The topological polar surface area (TPSA) is 65.9 Å². The summed E-state index contributed by atoms with van der Waals surface area (Å²) in [5.41, 5.74) is 0.853. The van der Waals surface area contributed by atoms with E-state index < -0.39 is 11.2 Å². The standard InChI is InChI=1S/C27H30ClFN4O2/c1-6-22(34)32-11-12-33(17(4)15-32)25-19-13-20(28)23(18-9-7-8-10-21(18)29)30-24(19)27(5,14-16(2)3)26(35)31-25/h6-10,13,16-17H,1,11-12,14-15H2,2-5H3. The molecule has 2 aliphatic heterocycles. The Morgan fingerprint density at radius 3 is 2.66 bits per heavy atom. The summed E-state index contributed by atoms with van der Waals surface area (Å²) >= 11 is 6.68. The summed E-state index contributed by atoms with van der Waals surface area (Å²) in [5.74, 6) is -0.128. The van der Waals surface area contributed by atoms with E-state index in [1.807, 2.05) is 32.6 Å². The van der Waals surface area contributed by atoms with Crippen molar-refractivity contribution in [3.05, 3.63) is 65.1 Å². The largest absolute Gasteiger partial charge is 0.350 e. The summed E-state index contributed by atoms with van der Waals surface area (Å²) in [5, 5.41) is 0.288. The summed E-state index contributed by atoms with van der Waals surface area (Å²) in [6, 6.07) is 8.00. The van der Waals surface area contributed by atoms with Crippen LogP contribution in [0.1, 0.15) is 45.4 Å². The van der Waals surface area contributed by atoms with E-state index in [1.165, 1.54) is 12.1 Å². The molecule has 0 spiro atoms. The number of piperazine rings is 1. The average Bonchev–Trinajstić information content (AvgIpc) is 2.81. The monoisotopic (exact) mass is 496 g/mol. The van der Waals surface area contributed by atoms with Crippen molar-refractivity contribution in [1.29, 1.82) is 0 Å². The lowest BCUT2D eigenvalue weighted by Crippen LogP contribution is -2.57. The van der Waals surface area contributed by atoms with Crippen LogP contribution in [-0.4, -0.2) is 58.1 Å². The second-order valence-corrected chi connectivity index (χ2v) is 10.3. The number of aliphatic imine (C=N–C) groups is 1. The zero-order valence-corrected chi connectivity index (χ0v) is 21.3. The molecule has 1 saturated heterocycles. The van der Waals surface area contributed by atoms with Gasteiger partial charge in [-0.2, -0.15) is 4.99 Å². The molecule has 1 aromatic heterocycles. The zero-order chi connectivity index (χ0) is 25.5. The highest BCUT2D eigenvalue weighted by atomic mass is 35.5. The maximum Gasteiger partial charge on any atom is 0.259 e. The number of hydrogen-bond donors (Lipinski definition) is 0. The molecule has 1 fully saturated rings. The van der Waals surface area contributed by atoms with Crippen LogP contribution in [0.4, 0.5) is 4.39 Å². The molecule has 2 aromatic rings. The molecule has 0 aliphatic carbocycles. The molecule has 35 heavy (non-hydrogen) atoms. The number of carbonyl (C=O) groups is 2. The molecule has 4 rings (SSSR count). The molecule has 0 radical (unpaired) electrons. The predicted molar refractivity (Wildman–Crippen MR) is 136 cm³/mol. The highest BCUT2D eigenvalue weighted by Gasteiger charge is 2.45. The number of rotatable bonds is 4. The third-order valence-electron chi connectivity index (χ3n) is 6.75. The van der Waals surface area contributed by atoms with E-state index in [2.05, 4.69) is 11.6 Å². The Bertz CT molecular complexity index is 1230. The molecule has 184 valence electrons. The van der Waals surface area contributed by atoms with Crippen molar-refractivity contribution < 1.29 is 14.0 Å². The third-order valence-corrected chi connectivity index (χ3v) is 7.04. The van der Waals surface area contributed by atoms with Crippen LogP contribution in [0.2, 0.25) is 5.02 Å². The van der Waals surface area contributed by atoms with Crippen LogP contribution in [0.5, 0.6) is 0 Å². The van der Waals surface area contributed by atoms with Crippen LogP contribution in [0.3, 0.4) is 0 Å². The lowest BCUT2D eigenvalue weighted by molar-refractivity contribution is -0.128. The Morgan fingerprint density at radius 1 is 1.31 bits per heavy atom. The molecule has 1 aromatic carbocycles. The smallest absolute Gasteiger partial charge is 0.259 e. The number of hydrogen-bond acceptors (Lipinski definition) is 4. The summed E-state index contributed by atoms with van der Waals surface area (Å²) in [7, 11) is 0. The first kappa shape index (κ1) is 25.0. The Labute approximate surface area is 210 Å². The number of nitrogens with zero attached hydrogens (tertiary/aromatic N) is 4. The highest BCUT2D eigenvalue weighted by Crippen LogP contribution is 2.41. The Balaban J connectivity index is 1.85. The number of benzene rings is 1. The number of carbonyl (C=O) groups excluding carboxylic acids is 2. The van der Waals surface area contributed by atoms with Crippen LogP contribution in [-0.2, 0) is 15.0 Å². The fourth-order valence-electron chi connectivity index (χ4n) is 5.12. The van der Waals surface area contributed by atoms with Crippen LogP contribution in [0.15, 0.2) is 48.0 Å². The molecular formula is C27H30ClFN4O2. The number of pyridine rings is 1. The maximum atomic E-state index is 14.7. The van der Waals surface area contributed by atoms with Gasteiger partial charge in [-0.15, -0.1) is 0 Å². The summed E-state index contributed by atoms with van der Waals surface area (Å²) < 4.78 is 14.7. The van der Waals surface area contributed by atoms with E-state index in [-0.39, 0.29) is 34.4 Å². The van der Waals surface area contributed by atoms with Gasteiger partial charge in [-0.25, -0.2) is 9.37 Å². The second-order valence-electron chi connectivity index (χ2n) is 9.90. The number of amidine groups is 1. The van der Waals surface area contributed by atoms with E-state index in [0.717, 1.165) is 0 Å². The fourth-order valence-corrected chi connectivity index (χ4v) is 5.38. The second kappa shape index (κ2) is 9.53. The van der Waals surface area contributed by atoms with Crippen molar-refractivity contribution in [1.82, 2.24) is 14.8 Å². The molecule has 2 amide bonds. The van der Waals surface area contributed by atoms with Gasteiger partial charge < -0.3 is 9.80 Å². The molecule has 6 nitrogen and oxygen atoms in total. The van der Waals surface area contributed by atoms with Crippen molar-refractivity contribution in [2.45, 2.75) is 45.6 Å².